The first-order valence-corrected chi connectivity index (χ1v) is 7.29. The summed E-state index contributed by atoms with van der Waals surface area (Å²) in [5.74, 6) is 0.719. The van der Waals surface area contributed by atoms with Crippen LogP contribution in [0.3, 0.4) is 0 Å². The zero-order chi connectivity index (χ0) is 14.8. The number of amides is 1. The number of nitrogens with zero attached hydrogens (tertiary/aromatic N) is 3. The Labute approximate surface area is 127 Å². The van der Waals surface area contributed by atoms with Crippen LogP contribution >= 0.6 is 15.9 Å². The molecule has 5 nitrogen and oxygen atoms in total. The molecule has 2 heterocycles. The van der Waals surface area contributed by atoms with E-state index in [0.29, 0.717) is 13.1 Å². The van der Waals surface area contributed by atoms with Crippen molar-refractivity contribution < 1.29 is 9.53 Å². The third-order valence-electron chi connectivity index (χ3n) is 2.77. The highest BCUT2D eigenvalue weighted by molar-refractivity contribution is 9.10. The lowest BCUT2D eigenvalue weighted by atomic mass is 10.1. The largest absolute Gasteiger partial charge is 0.444 e. The Morgan fingerprint density at radius 2 is 2.00 bits per heavy atom. The number of rotatable bonds is 1. The Bertz CT molecular complexity index is 520. The van der Waals surface area contributed by atoms with Gasteiger partial charge in [0.15, 0.2) is 5.82 Å². The van der Waals surface area contributed by atoms with E-state index in [4.69, 9.17) is 4.74 Å². The molecule has 0 aromatic carbocycles. The summed E-state index contributed by atoms with van der Waals surface area (Å²) < 4.78 is 6.21. The molecule has 0 saturated heterocycles. The van der Waals surface area contributed by atoms with Gasteiger partial charge in [0.1, 0.15) is 5.60 Å². The first kappa shape index (κ1) is 15.0. The average Bonchev–Trinajstić information content (AvgIpc) is 2.38. The first-order chi connectivity index (χ1) is 9.35. The zero-order valence-electron chi connectivity index (χ0n) is 11.9. The Morgan fingerprint density at radius 1 is 1.35 bits per heavy atom. The van der Waals surface area contributed by atoms with Gasteiger partial charge in [-0.15, -0.1) is 0 Å². The third kappa shape index (κ3) is 4.03. The summed E-state index contributed by atoms with van der Waals surface area (Å²) in [7, 11) is 0. The molecule has 0 unspecified atom stereocenters. The molecular formula is C14H18BrN3O2. The van der Waals surface area contributed by atoms with E-state index in [2.05, 4.69) is 25.9 Å². The van der Waals surface area contributed by atoms with Gasteiger partial charge in [-0.25, -0.2) is 14.8 Å². The number of aromatic nitrogens is 2. The highest BCUT2D eigenvalue weighted by Crippen LogP contribution is 2.21. The highest BCUT2D eigenvalue weighted by Gasteiger charge is 2.24. The van der Waals surface area contributed by atoms with Crippen LogP contribution < -0.4 is 0 Å². The van der Waals surface area contributed by atoms with Crippen LogP contribution in [0.5, 0.6) is 0 Å². The van der Waals surface area contributed by atoms with Gasteiger partial charge < -0.3 is 9.64 Å². The molecule has 6 heteroatoms. The number of ether oxygens (including phenoxy) is 1. The molecule has 0 atom stereocenters. The zero-order valence-corrected chi connectivity index (χ0v) is 13.5. The normalized spacial score (nSPS) is 15.8. The summed E-state index contributed by atoms with van der Waals surface area (Å²) in [6.45, 7) is 6.76. The van der Waals surface area contributed by atoms with Gasteiger partial charge in [-0.1, -0.05) is 6.08 Å². The van der Waals surface area contributed by atoms with E-state index in [1.807, 2.05) is 26.8 Å². The molecule has 1 amide bonds. The molecule has 0 bridgehead atoms. The highest BCUT2D eigenvalue weighted by atomic mass is 79.9. The maximum Gasteiger partial charge on any atom is 0.410 e. The van der Waals surface area contributed by atoms with Gasteiger partial charge in [0, 0.05) is 25.5 Å². The van der Waals surface area contributed by atoms with Crippen LogP contribution in [0.2, 0.25) is 0 Å². The number of carbonyl (C=O) groups is 1. The minimum Gasteiger partial charge on any atom is -0.444 e. The summed E-state index contributed by atoms with van der Waals surface area (Å²) in [4.78, 5) is 22.2. The summed E-state index contributed by atoms with van der Waals surface area (Å²) >= 11 is 3.31. The fourth-order valence-corrected chi connectivity index (χ4v) is 2.05. The van der Waals surface area contributed by atoms with Crippen molar-refractivity contribution in [1.29, 1.82) is 0 Å². The van der Waals surface area contributed by atoms with Gasteiger partial charge in [-0.3, -0.25) is 0 Å². The van der Waals surface area contributed by atoms with Crippen molar-refractivity contribution in [3.8, 4) is 0 Å². The minimum absolute atomic E-state index is 0.274. The van der Waals surface area contributed by atoms with Crippen molar-refractivity contribution in [3.05, 3.63) is 28.8 Å². The van der Waals surface area contributed by atoms with Gasteiger partial charge in [-0.05, 0) is 48.7 Å². The SMILES string of the molecule is CC(C)(C)OC(=O)N1CC=C(c2ncc(Br)cn2)CC1. The monoisotopic (exact) mass is 339 g/mol. The van der Waals surface area contributed by atoms with E-state index in [0.717, 1.165) is 22.3 Å². The first-order valence-electron chi connectivity index (χ1n) is 6.50. The molecule has 1 aromatic heterocycles. The Morgan fingerprint density at radius 3 is 2.50 bits per heavy atom. The molecule has 2 rings (SSSR count). The smallest absolute Gasteiger partial charge is 0.410 e. The lowest BCUT2D eigenvalue weighted by Crippen LogP contribution is -2.39. The summed E-state index contributed by atoms with van der Waals surface area (Å²) in [5.41, 5.74) is 0.605. The van der Waals surface area contributed by atoms with Gasteiger partial charge in [0.2, 0.25) is 0 Å². The van der Waals surface area contributed by atoms with Crippen LogP contribution in [0.25, 0.3) is 5.57 Å². The Hall–Kier alpha value is -1.43. The van der Waals surface area contributed by atoms with Gasteiger partial charge in [0.25, 0.3) is 0 Å². The van der Waals surface area contributed by atoms with Crippen LogP contribution in [-0.2, 0) is 4.74 Å². The average molecular weight is 340 g/mol. The van der Waals surface area contributed by atoms with E-state index >= 15 is 0 Å². The predicted molar refractivity (Wildman–Crippen MR) is 80.1 cm³/mol. The lowest BCUT2D eigenvalue weighted by molar-refractivity contribution is 0.0270. The van der Waals surface area contributed by atoms with Crippen molar-refractivity contribution in [1.82, 2.24) is 14.9 Å². The van der Waals surface area contributed by atoms with Crippen molar-refractivity contribution in [2.45, 2.75) is 32.8 Å². The van der Waals surface area contributed by atoms with Gasteiger partial charge >= 0.3 is 6.09 Å². The fraction of sp³-hybridized carbons (Fsp3) is 0.500. The van der Waals surface area contributed by atoms with Crippen LogP contribution in [0.15, 0.2) is 22.9 Å². The molecule has 0 saturated carbocycles. The Balaban J connectivity index is 2.00. The van der Waals surface area contributed by atoms with Crippen molar-refractivity contribution >= 4 is 27.6 Å². The van der Waals surface area contributed by atoms with Crippen molar-refractivity contribution in [2.24, 2.45) is 0 Å². The summed E-state index contributed by atoms with van der Waals surface area (Å²) in [6, 6.07) is 0. The molecule has 0 N–H and O–H groups in total. The van der Waals surface area contributed by atoms with Gasteiger partial charge in [0.05, 0.1) is 4.47 Å². The molecule has 0 spiro atoms. The summed E-state index contributed by atoms with van der Waals surface area (Å²) in [6.07, 6.45) is 5.90. The maximum absolute atomic E-state index is 11.9. The topological polar surface area (TPSA) is 55.3 Å². The summed E-state index contributed by atoms with van der Waals surface area (Å²) in [5, 5.41) is 0. The molecule has 20 heavy (non-hydrogen) atoms. The molecule has 1 aromatic rings. The standard InChI is InChI=1S/C14H18BrN3O2/c1-14(2,3)20-13(19)18-6-4-10(5-7-18)12-16-8-11(15)9-17-12/h4,8-9H,5-7H2,1-3H3. The van der Waals surface area contributed by atoms with Crippen molar-refractivity contribution in [3.63, 3.8) is 0 Å². The number of carbonyl (C=O) groups excluding carboxylic acids is 1. The molecule has 108 valence electrons. The van der Waals surface area contributed by atoms with Crippen molar-refractivity contribution in [2.75, 3.05) is 13.1 Å². The predicted octanol–water partition coefficient (Wildman–Crippen LogP) is 3.26. The second-order valence-electron chi connectivity index (χ2n) is 5.63. The van der Waals surface area contributed by atoms with E-state index < -0.39 is 5.60 Å². The second-order valence-corrected chi connectivity index (χ2v) is 6.55. The number of hydrogen-bond acceptors (Lipinski definition) is 4. The Kier molecular flexibility index (Phi) is 4.42. The minimum atomic E-state index is -0.462. The molecular weight excluding hydrogens is 322 g/mol. The lowest BCUT2D eigenvalue weighted by Gasteiger charge is -2.29. The van der Waals surface area contributed by atoms with E-state index in [1.165, 1.54) is 0 Å². The quantitative estimate of drug-likeness (QED) is 0.787. The molecule has 0 aliphatic carbocycles. The van der Waals surface area contributed by atoms with Crippen LogP contribution in [-0.4, -0.2) is 39.7 Å². The molecule has 0 fully saturated rings. The maximum atomic E-state index is 11.9. The van der Waals surface area contributed by atoms with E-state index in [1.54, 1.807) is 17.3 Å². The van der Waals surface area contributed by atoms with Crippen LogP contribution in [0.4, 0.5) is 4.79 Å². The molecule has 0 radical (unpaired) electrons. The number of hydrogen-bond donors (Lipinski definition) is 0. The van der Waals surface area contributed by atoms with Crippen LogP contribution in [0.1, 0.15) is 33.0 Å². The fourth-order valence-electron chi connectivity index (χ4n) is 1.84. The second kappa shape index (κ2) is 5.91. The van der Waals surface area contributed by atoms with E-state index in [-0.39, 0.29) is 6.09 Å². The number of halogens is 1. The van der Waals surface area contributed by atoms with Crippen LogP contribution in [0, 0.1) is 0 Å². The third-order valence-corrected chi connectivity index (χ3v) is 3.18. The van der Waals surface area contributed by atoms with E-state index in [9.17, 15) is 4.79 Å². The molecule has 1 aliphatic rings. The van der Waals surface area contributed by atoms with Gasteiger partial charge in [-0.2, -0.15) is 0 Å². The molecule has 1 aliphatic heterocycles.